The summed E-state index contributed by atoms with van der Waals surface area (Å²) < 4.78 is 10.7. The molecule has 0 radical (unpaired) electrons. The van der Waals surface area contributed by atoms with Gasteiger partial charge in [0.1, 0.15) is 11.5 Å². The van der Waals surface area contributed by atoms with Crippen molar-refractivity contribution in [2.45, 2.75) is 6.54 Å². The molecule has 1 heterocycles. The summed E-state index contributed by atoms with van der Waals surface area (Å²) in [5.41, 5.74) is 1.76. The summed E-state index contributed by atoms with van der Waals surface area (Å²) in [6, 6.07) is 22.7. The number of hydrogen-bond acceptors (Lipinski definition) is 6. The SMILES string of the molecule is COc1ccc(C(=O)Oc2ccccc2/C=C2\SC(=O)N(Cc3ccccc3)C2=O)cc1. The van der Waals surface area contributed by atoms with Gasteiger partial charge in [-0.2, -0.15) is 0 Å². The number of benzene rings is 3. The predicted octanol–water partition coefficient (Wildman–Crippen LogP) is 5.15. The molecule has 1 saturated heterocycles. The number of thioether (sulfide) groups is 1. The number of amides is 2. The van der Waals surface area contributed by atoms with Crippen molar-refractivity contribution >= 4 is 35.0 Å². The Labute approximate surface area is 189 Å². The average molecular weight is 445 g/mol. The monoisotopic (exact) mass is 445 g/mol. The van der Waals surface area contributed by atoms with E-state index in [-0.39, 0.29) is 22.6 Å². The van der Waals surface area contributed by atoms with Crippen molar-refractivity contribution in [1.29, 1.82) is 0 Å². The number of rotatable bonds is 6. The minimum atomic E-state index is -0.536. The minimum absolute atomic E-state index is 0.205. The summed E-state index contributed by atoms with van der Waals surface area (Å²) in [6.45, 7) is 0.205. The summed E-state index contributed by atoms with van der Waals surface area (Å²) in [6.07, 6.45) is 1.58. The first-order chi connectivity index (χ1) is 15.5. The maximum Gasteiger partial charge on any atom is 0.343 e. The molecule has 3 aromatic rings. The molecule has 1 aliphatic heterocycles. The van der Waals surface area contributed by atoms with Gasteiger partial charge in [0.25, 0.3) is 11.1 Å². The number of carbonyl (C=O) groups is 3. The van der Waals surface area contributed by atoms with Crippen molar-refractivity contribution in [3.63, 3.8) is 0 Å². The van der Waals surface area contributed by atoms with E-state index in [2.05, 4.69) is 0 Å². The largest absolute Gasteiger partial charge is 0.497 e. The van der Waals surface area contributed by atoms with Crippen LogP contribution in [0.4, 0.5) is 4.79 Å². The number of ether oxygens (including phenoxy) is 2. The molecule has 0 atom stereocenters. The maximum absolute atomic E-state index is 12.8. The van der Waals surface area contributed by atoms with Crippen molar-refractivity contribution in [3.8, 4) is 11.5 Å². The van der Waals surface area contributed by atoms with Gasteiger partial charge in [0.2, 0.25) is 0 Å². The van der Waals surface area contributed by atoms with E-state index < -0.39 is 5.97 Å². The van der Waals surface area contributed by atoms with E-state index >= 15 is 0 Å². The molecule has 0 unspecified atom stereocenters. The highest BCUT2D eigenvalue weighted by Gasteiger charge is 2.35. The fraction of sp³-hybridized carbons (Fsp3) is 0.0800. The van der Waals surface area contributed by atoms with Gasteiger partial charge in [-0.25, -0.2) is 4.79 Å². The van der Waals surface area contributed by atoms with E-state index in [1.165, 1.54) is 4.90 Å². The molecule has 1 aliphatic rings. The molecule has 0 aliphatic carbocycles. The van der Waals surface area contributed by atoms with Crippen LogP contribution in [0.1, 0.15) is 21.5 Å². The van der Waals surface area contributed by atoms with E-state index in [9.17, 15) is 14.4 Å². The van der Waals surface area contributed by atoms with Crippen molar-refractivity contribution in [2.75, 3.05) is 7.11 Å². The van der Waals surface area contributed by atoms with E-state index in [1.54, 1.807) is 61.7 Å². The molecule has 0 aromatic heterocycles. The minimum Gasteiger partial charge on any atom is -0.497 e. The quantitative estimate of drug-likeness (QED) is 0.297. The van der Waals surface area contributed by atoms with Gasteiger partial charge in [-0.05, 0) is 53.7 Å². The zero-order valence-corrected chi connectivity index (χ0v) is 18.0. The zero-order chi connectivity index (χ0) is 22.5. The molecule has 0 saturated carbocycles. The van der Waals surface area contributed by atoms with Crippen molar-refractivity contribution in [1.82, 2.24) is 4.90 Å². The summed E-state index contributed by atoms with van der Waals surface area (Å²) in [5.74, 6) is 0.0159. The van der Waals surface area contributed by atoms with Gasteiger partial charge >= 0.3 is 5.97 Å². The van der Waals surface area contributed by atoms with Crippen LogP contribution in [-0.2, 0) is 11.3 Å². The third-order valence-electron chi connectivity index (χ3n) is 4.79. The normalized spacial score (nSPS) is 14.7. The van der Waals surface area contributed by atoms with Gasteiger partial charge in [0.05, 0.1) is 24.1 Å². The molecule has 0 spiro atoms. The highest BCUT2D eigenvalue weighted by molar-refractivity contribution is 8.18. The first-order valence-electron chi connectivity index (χ1n) is 9.79. The molecule has 32 heavy (non-hydrogen) atoms. The predicted molar refractivity (Wildman–Crippen MR) is 122 cm³/mol. The van der Waals surface area contributed by atoms with Gasteiger partial charge in [0.15, 0.2) is 0 Å². The van der Waals surface area contributed by atoms with Crippen molar-refractivity contribution < 1.29 is 23.9 Å². The zero-order valence-electron chi connectivity index (χ0n) is 17.2. The first kappa shape index (κ1) is 21.4. The van der Waals surface area contributed by atoms with Crippen LogP contribution < -0.4 is 9.47 Å². The van der Waals surface area contributed by atoms with E-state index in [4.69, 9.17) is 9.47 Å². The third-order valence-corrected chi connectivity index (χ3v) is 5.70. The lowest BCUT2D eigenvalue weighted by Crippen LogP contribution is -2.27. The lowest BCUT2D eigenvalue weighted by atomic mass is 10.1. The van der Waals surface area contributed by atoms with Gasteiger partial charge in [-0.3, -0.25) is 14.5 Å². The standard InChI is InChI=1S/C25H19NO5S/c1-30-20-13-11-18(12-14-20)24(28)31-21-10-6-5-9-19(21)15-22-23(27)26(25(29)32-22)16-17-7-3-2-4-8-17/h2-15H,16H2,1H3/b22-15-. The Morgan fingerprint density at radius 3 is 2.34 bits per heavy atom. The van der Waals surface area contributed by atoms with Crippen LogP contribution >= 0.6 is 11.8 Å². The molecule has 7 heteroatoms. The summed E-state index contributed by atoms with van der Waals surface area (Å²) in [5, 5.41) is -0.335. The Hall–Kier alpha value is -3.84. The van der Waals surface area contributed by atoms with E-state index in [0.29, 0.717) is 22.6 Å². The Morgan fingerprint density at radius 1 is 0.938 bits per heavy atom. The molecule has 3 aromatic carbocycles. The number of carbonyl (C=O) groups excluding carboxylic acids is 3. The van der Waals surface area contributed by atoms with E-state index in [1.807, 2.05) is 30.3 Å². The van der Waals surface area contributed by atoms with Gasteiger partial charge in [-0.1, -0.05) is 48.5 Å². The fourth-order valence-corrected chi connectivity index (χ4v) is 3.95. The van der Waals surface area contributed by atoms with Gasteiger partial charge < -0.3 is 9.47 Å². The molecule has 0 N–H and O–H groups in total. The number of para-hydroxylation sites is 1. The van der Waals surface area contributed by atoms with Crippen LogP contribution in [0.2, 0.25) is 0 Å². The molecule has 4 rings (SSSR count). The molecule has 2 amide bonds. The van der Waals surface area contributed by atoms with Crippen LogP contribution in [0.15, 0.2) is 83.8 Å². The molecular weight excluding hydrogens is 426 g/mol. The summed E-state index contributed by atoms with van der Waals surface area (Å²) >= 11 is 0.868. The maximum atomic E-state index is 12.8. The molecule has 6 nitrogen and oxygen atoms in total. The molecule has 1 fully saturated rings. The van der Waals surface area contributed by atoms with Gasteiger partial charge in [0, 0.05) is 5.56 Å². The third kappa shape index (κ3) is 4.73. The van der Waals surface area contributed by atoms with Gasteiger partial charge in [-0.15, -0.1) is 0 Å². The number of methoxy groups -OCH3 is 1. The first-order valence-corrected chi connectivity index (χ1v) is 10.6. The second-order valence-electron chi connectivity index (χ2n) is 6.91. The second kappa shape index (κ2) is 9.53. The number of nitrogens with zero attached hydrogens (tertiary/aromatic N) is 1. The number of imide groups is 1. The highest BCUT2D eigenvalue weighted by Crippen LogP contribution is 2.35. The Balaban J connectivity index is 1.53. The summed E-state index contributed by atoms with van der Waals surface area (Å²) in [7, 11) is 1.55. The van der Waals surface area contributed by atoms with Crippen molar-refractivity contribution in [3.05, 3.63) is 100 Å². The average Bonchev–Trinajstić information content (AvgIpc) is 3.08. The molecule has 160 valence electrons. The number of hydrogen-bond donors (Lipinski definition) is 0. The molecular formula is C25H19NO5S. The van der Waals surface area contributed by atoms with Crippen LogP contribution in [0.3, 0.4) is 0 Å². The Bertz CT molecular complexity index is 1190. The Morgan fingerprint density at radius 2 is 1.62 bits per heavy atom. The van der Waals surface area contributed by atoms with E-state index in [0.717, 1.165) is 17.3 Å². The smallest absolute Gasteiger partial charge is 0.343 e. The fourth-order valence-electron chi connectivity index (χ4n) is 3.12. The topological polar surface area (TPSA) is 72.9 Å². The summed E-state index contributed by atoms with van der Waals surface area (Å²) in [4.78, 5) is 39.3. The van der Waals surface area contributed by atoms with Crippen LogP contribution in [-0.4, -0.2) is 29.1 Å². The highest BCUT2D eigenvalue weighted by atomic mass is 32.2. The van der Waals surface area contributed by atoms with Crippen LogP contribution in [0, 0.1) is 0 Å². The van der Waals surface area contributed by atoms with Crippen LogP contribution in [0.25, 0.3) is 6.08 Å². The van der Waals surface area contributed by atoms with Crippen molar-refractivity contribution in [2.24, 2.45) is 0 Å². The molecule has 0 bridgehead atoms. The lowest BCUT2D eigenvalue weighted by molar-refractivity contribution is -0.123. The second-order valence-corrected chi connectivity index (χ2v) is 7.90. The lowest BCUT2D eigenvalue weighted by Gasteiger charge is -2.12. The Kier molecular flexibility index (Phi) is 6.37. The van der Waals surface area contributed by atoms with Crippen LogP contribution in [0.5, 0.6) is 11.5 Å². The number of esters is 1.